The van der Waals surface area contributed by atoms with Crippen LogP contribution < -0.4 is 5.32 Å². The minimum atomic E-state index is -0.110. The molecule has 1 saturated heterocycles. The Balaban J connectivity index is 0.00000196. The molecule has 90 valence electrons. The van der Waals surface area contributed by atoms with Crippen molar-refractivity contribution in [3.05, 3.63) is 0 Å². The van der Waals surface area contributed by atoms with Crippen molar-refractivity contribution in [3.8, 4) is 0 Å². The second-order valence-corrected chi connectivity index (χ2v) is 3.54. The second-order valence-electron chi connectivity index (χ2n) is 3.54. The number of hydrogen-bond acceptors (Lipinski definition) is 4. The summed E-state index contributed by atoms with van der Waals surface area (Å²) in [5.74, 6) is 0.196. The summed E-state index contributed by atoms with van der Waals surface area (Å²) in [4.78, 5) is 11.3. The van der Waals surface area contributed by atoms with Gasteiger partial charge < -0.3 is 14.8 Å². The molecule has 4 nitrogen and oxygen atoms in total. The molecule has 0 amide bonds. The summed E-state index contributed by atoms with van der Waals surface area (Å²) in [6, 6.07) is 0. The minimum Gasteiger partial charge on any atom is -0.466 e. The minimum absolute atomic E-state index is 0. The molecule has 1 N–H and O–H groups in total. The van der Waals surface area contributed by atoms with Gasteiger partial charge in [0.1, 0.15) is 0 Å². The molecular formula is C10H20ClNO3. The van der Waals surface area contributed by atoms with Gasteiger partial charge >= 0.3 is 5.97 Å². The van der Waals surface area contributed by atoms with Crippen molar-refractivity contribution in [2.75, 3.05) is 26.8 Å². The second kappa shape index (κ2) is 7.91. The maximum atomic E-state index is 11.3. The van der Waals surface area contributed by atoms with Crippen LogP contribution >= 0.6 is 12.4 Å². The zero-order valence-electron chi connectivity index (χ0n) is 9.32. The smallest absolute Gasteiger partial charge is 0.306 e. The van der Waals surface area contributed by atoms with E-state index in [1.807, 2.05) is 6.92 Å². The van der Waals surface area contributed by atoms with Gasteiger partial charge in [0.2, 0.25) is 0 Å². The Morgan fingerprint density at radius 1 is 1.53 bits per heavy atom. The van der Waals surface area contributed by atoms with Gasteiger partial charge in [-0.3, -0.25) is 4.79 Å². The maximum Gasteiger partial charge on any atom is 0.306 e. The summed E-state index contributed by atoms with van der Waals surface area (Å²) < 4.78 is 10.2. The number of carbonyl (C=O) groups excluding carboxylic acids is 1. The predicted molar refractivity (Wildman–Crippen MR) is 60.3 cm³/mol. The lowest BCUT2D eigenvalue weighted by Gasteiger charge is -2.30. The van der Waals surface area contributed by atoms with E-state index in [-0.39, 0.29) is 24.5 Å². The van der Waals surface area contributed by atoms with Gasteiger partial charge in [-0.2, -0.15) is 0 Å². The van der Waals surface area contributed by atoms with Crippen LogP contribution in [0, 0.1) is 5.92 Å². The van der Waals surface area contributed by atoms with Crippen LogP contribution in [0.1, 0.15) is 19.8 Å². The van der Waals surface area contributed by atoms with Crippen LogP contribution in [-0.2, 0) is 14.3 Å². The van der Waals surface area contributed by atoms with Crippen LogP contribution in [0.2, 0.25) is 0 Å². The number of carbonyl (C=O) groups is 1. The predicted octanol–water partition coefficient (Wildman–Crippen LogP) is 0.986. The van der Waals surface area contributed by atoms with Gasteiger partial charge in [0.25, 0.3) is 0 Å². The third-order valence-electron chi connectivity index (χ3n) is 2.60. The Kier molecular flexibility index (Phi) is 7.74. The van der Waals surface area contributed by atoms with Gasteiger partial charge in [-0.25, -0.2) is 0 Å². The third kappa shape index (κ3) is 4.82. The largest absolute Gasteiger partial charge is 0.466 e. The number of hydrogen-bond donors (Lipinski definition) is 1. The fourth-order valence-electron chi connectivity index (χ4n) is 1.83. The normalized spacial score (nSPS) is 25.5. The monoisotopic (exact) mass is 237 g/mol. The maximum absolute atomic E-state index is 11.3. The van der Waals surface area contributed by atoms with Gasteiger partial charge in [-0.1, -0.05) is 0 Å². The average Bonchev–Trinajstić information content (AvgIpc) is 2.19. The standard InChI is InChI=1S/C10H19NO3.ClH/c1-3-14-10(12)6-8-4-5-11-7-9(8)13-2;/h8-9,11H,3-7H2,1-2H3;1H/t8-,9-;/m0./s1. The number of piperidine rings is 1. The van der Waals surface area contributed by atoms with E-state index in [9.17, 15) is 4.79 Å². The van der Waals surface area contributed by atoms with E-state index in [1.165, 1.54) is 0 Å². The molecule has 1 aliphatic heterocycles. The molecule has 0 radical (unpaired) electrons. The van der Waals surface area contributed by atoms with Crippen molar-refractivity contribution in [1.82, 2.24) is 5.32 Å². The molecule has 0 saturated carbocycles. The number of ether oxygens (including phenoxy) is 2. The van der Waals surface area contributed by atoms with Crippen molar-refractivity contribution in [2.45, 2.75) is 25.9 Å². The molecule has 5 heteroatoms. The van der Waals surface area contributed by atoms with Crippen molar-refractivity contribution >= 4 is 18.4 Å². The molecule has 0 bridgehead atoms. The summed E-state index contributed by atoms with van der Waals surface area (Å²) >= 11 is 0. The highest BCUT2D eigenvalue weighted by atomic mass is 35.5. The molecule has 1 rings (SSSR count). The zero-order valence-corrected chi connectivity index (χ0v) is 10.1. The first kappa shape index (κ1) is 14.7. The number of rotatable bonds is 4. The van der Waals surface area contributed by atoms with Crippen LogP contribution in [0.5, 0.6) is 0 Å². The highest BCUT2D eigenvalue weighted by Crippen LogP contribution is 2.19. The van der Waals surface area contributed by atoms with Crippen LogP contribution in [0.25, 0.3) is 0 Å². The van der Waals surface area contributed by atoms with Gasteiger partial charge in [0.15, 0.2) is 0 Å². The van der Waals surface area contributed by atoms with Crippen LogP contribution in [0.3, 0.4) is 0 Å². The van der Waals surface area contributed by atoms with Crippen molar-refractivity contribution in [3.63, 3.8) is 0 Å². The van der Waals surface area contributed by atoms with E-state index in [2.05, 4.69) is 5.32 Å². The Bertz CT molecular complexity index is 190. The Labute approximate surface area is 97.1 Å². The first-order chi connectivity index (χ1) is 6.77. The molecule has 0 spiro atoms. The lowest BCUT2D eigenvalue weighted by atomic mass is 9.92. The van der Waals surface area contributed by atoms with E-state index in [1.54, 1.807) is 7.11 Å². The zero-order chi connectivity index (χ0) is 10.4. The van der Waals surface area contributed by atoms with Crippen molar-refractivity contribution < 1.29 is 14.3 Å². The Hall–Kier alpha value is -0.320. The Morgan fingerprint density at radius 3 is 2.87 bits per heavy atom. The van der Waals surface area contributed by atoms with Crippen LogP contribution in [0.4, 0.5) is 0 Å². The Morgan fingerprint density at radius 2 is 2.27 bits per heavy atom. The molecule has 15 heavy (non-hydrogen) atoms. The SMILES string of the molecule is CCOC(=O)C[C@@H]1CCNC[C@@H]1OC.Cl. The van der Waals surface area contributed by atoms with E-state index in [0.29, 0.717) is 18.9 Å². The molecule has 0 aliphatic carbocycles. The van der Waals surface area contributed by atoms with Crippen LogP contribution in [-0.4, -0.2) is 38.9 Å². The first-order valence-corrected chi connectivity index (χ1v) is 5.17. The van der Waals surface area contributed by atoms with Crippen molar-refractivity contribution in [1.29, 1.82) is 0 Å². The van der Waals surface area contributed by atoms with E-state index < -0.39 is 0 Å². The van der Waals surface area contributed by atoms with E-state index in [0.717, 1.165) is 19.5 Å². The number of halogens is 1. The lowest BCUT2D eigenvalue weighted by Crippen LogP contribution is -2.42. The summed E-state index contributed by atoms with van der Waals surface area (Å²) in [7, 11) is 1.69. The number of esters is 1. The van der Waals surface area contributed by atoms with Gasteiger partial charge in [-0.15, -0.1) is 12.4 Å². The average molecular weight is 238 g/mol. The summed E-state index contributed by atoms with van der Waals surface area (Å²) in [6.07, 6.45) is 1.61. The van der Waals surface area contributed by atoms with E-state index >= 15 is 0 Å². The molecule has 0 aromatic heterocycles. The molecule has 2 atom stereocenters. The summed E-state index contributed by atoms with van der Waals surface area (Å²) in [5.41, 5.74) is 0. The molecular weight excluding hydrogens is 218 g/mol. The lowest BCUT2D eigenvalue weighted by molar-refractivity contribution is -0.145. The topological polar surface area (TPSA) is 47.6 Å². The summed E-state index contributed by atoms with van der Waals surface area (Å²) in [6.45, 7) is 4.08. The molecule has 1 heterocycles. The fraction of sp³-hybridized carbons (Fsp3) is 0.900. The number of methoxy groups -OCH3 is 1. The number of nitrogens with one attached hydrogen (secondary N) is 1. The molecule has 1 fully saturated rings. The van der Waals surface area contributed by atoms with E-state index in [4.69, 9.17) is 9.47 Å². The van der Waals surface area contributed by atoms with Gasteiger partial charge in [-0.05, 0) is 25.8 Å². The van der Waals surface area contributed by atoms with Crippen LogP contribution in [0.15, 0.2) is 0 Å². The van der Waals surface area contributed by atoms with Crippen molar-refractivity contribution in [2.24, 2.45) is 5.92 Å². The highest BCUT2D eigenvalue weighted by molar-refractivity contribution is 5.85. The summed E-state index contributed by atoms with van der Waals surface area (Å²) in [5, 5.41) is 3.24. The quantitative estimate of drug-likeness (QED) is 0.741. The molecule has 0 aromatic carbocycles. The fourth-order valence-corrected chi connectivity index (χ4v) is 1.83. The van der Waals surface area contributed by atoms with Gasteiger partial charge in [0, 0.05) is 13.7 Å². The molecule has 1 aliphatic rings. The first-order valence-electron chi connectivity index (χ1n) is 5.17. The third-order valence-corrected chi connectivity index (χ3v) is 2.60. The highest BCUT2D eigenvalue weighted by Gasteiger charge is 2.27. The molecule has 0 unspecified atom stereocenters. The molecule has 0 aromatic rings. The van der Waals surface area contributed by atoms with Gasteiger partial charge in [0.05, 0.1) is 19.1 Å².